The number of nitrogens with one attached hydrogen (secondary N) is 1. The van der Waals surface area contributed by atoms with Crippen molar-refractivity contribution < 1.29 is 4.74 Å². The first-order valence-corrected chi connectivity index (χ1v) is 8.30. The molecule has 2 rings (SSSR count). The summed E-state index contributed by atoms with van der Waals surface area (Å²) in [5.74, 6) is 0. The molecule has 0 amide bonds. The summed E-state index contributed by atoms with van der Waals surface area (Å²) >= 11 is 3.72. The van der Waals surface area contributed by atoms with Crippen LogP contribution in [0.25, 0.3) is 0 Å². The number of rotatable bonds is 5. The van der Waals surface area contributed by atoms with Crippen molar-refractivity contribution >= 4 is 21.6 Å². The second kappa shape index (κ2) is 7.43. The monoisotopic (exact) mass is 340 g/mol. The van der Waals surface area contributed by atoms with E-state index < -0.39 is 0 Å². The predicted octanol–water partition coefficient (Wildman–Crippen LogP) is 3.73. The van der Waals surface area contributed by atoms with Gasteiger partial charge in [-0.05, 0) is 44.5 Å². The van der Waals surface area contributed by atoms with Gasteiger partial charge in [0.05, 0.1) is 12.7 Å². The molecule has 112 valence electrons. The van der Waals surface area contributed by atoms with Crippen LogP contribution in [0.3, 0.4) is 0 Å². The van der Waals surface area contributed by atoms with E-state index >= 15 is 0 Å². The van der Waals surface area contributed by atoms with Crippen LogP contribution in [0, 0.1) is 0 Å². The van der Waals surface area contributed by atoms with Crippen LogP contribution in [-0.2, 0) is 4.74 Å². The summed E-state index contributed by atoms with van der Waals surface area (Å²) in [4.78, 5) is 2.40. The second-order valence-electron chi connectivity index (χ2n) is 5.51. The van der Waals surface area contributed by atoms with Crippen LogP contribution in [0.2, 0.25) is 0 Å². The molecule has 1 saturated heterocycles. The van der Waals surface area contributed by atoms with Crippen LogP contribution >= 0.6 is 15.9 Å². The maximum Gasteiger partial charge on any atom is 0.0722 e. The Morgan fingerprint density at radius 2 is 2.30 bits per heavy atom. The zero-order valence-corrected chi connectivity index (χ0v) is 14.2. The molecule has 1 aromatic carbocycles. The van der Waals surface area contributed by atoms with E-state index in [1.807, 2.05) is 0 Å². The highest BCUT2D eigenvalue weighted by Crippen LogP contribution is 2.29. The smallest absolute Gasteiger partial charge is 0.0722 e. The van der Waals surface area contributed by atoms with Crippen LogP contribution in [0.1, 0.15) is 38.8 Å². The lowest BCUT2D eigenvalue weighted by Crippen LogP contribution is -2.41. The summed E-state index contributed by atoms with van der Waals surface area (Å²) < 4.78 is 6.79. The highest BCUT2D eigenvalue weighted by atomic mass is 79.9. The highest BCUT2D eigenvalue weighted by molar-refractivity contribution is 9.10. The highest BCUT2D eigenvalue weighted by Gasteiger charge is 2.18. The van der Waals surface area contributed by atoms with Crippen LogP contribution in [-0.4, -0.2) is 32.3 Å². The maximum atomic E-state index is 5.60. The van der Waals surface area contributed by atoms with E-state index in [1.54, 1.807) is 0 Å². The van der Waals surface area contributed by atoms with Gasteiger partial charge in [0.2, 0.25) is 0 Å². The van der Waals surface area contributed by atoms with Gasteiger partial charge in [0.25, 0.3) is 0 Å². The van der Waals surface area contributed by atoms with Crippen molar-refractivity contribution in [3.63, 3.8) is 0 Å². The Kier molecular flexibility index (Phi) is 5.87. The van der Waals surface area contributed by atoms with Crippen molar-refractivity contribution in [2.24, 2.45) is 0 Å². The predicted molar refractivity (Wildman–Crippen MR) is 88.5 cm³/mol. The van der Waals surface area contributed by atoms with Crippen molar-refractivity contribution in [2.45, 2.75) is 39.3 Å². The number of nitrogens with zero attached hydrogens (tertiary/aromatic N) is 1. The Morgan fingerprint density at radius 1 is 1.50 bits per heavy atom. The average Bonchev–Trinajstić information content (AvgIpc) is 2.44. The van der Waals surface area contributed by atoms with Gasteiger partial charge in [-0.2, -0.15) is 0 Å². The molecular weight excluding hydrogens is 316 g/mol. The number of hydrogen-bond acceptors (Lipinski definition) is 3. The van der Waals surface area contributed by atoms with Gasteiger partial charge in [0, 0.05) is 29.3 Å². The largest absolute Gasteiger partial charge is 0.375 e. The fourth-order valence-electron chi connectivity index (χ4n) is 2.59. The first-order chi connectivity index (χ1) is 9.61. The summed E-state index contributed by atoms with van der Waals surface area (Å²) in [6.45, 7) is 10.3. The molecule has 0 spiro atoms. The molecule has 4 heteroatoms. The lowest BCUT2D eigenvalue weighted by atomic mass is 10.1. The molecule has 1 aromatic rings. The van der Waals surface area contributed by atoms with E-state index in [0.717, 1.165) is 32.7 Å². The number of hydrogen-bond donors (Lipinski definition) is 1. The molecule has 1 aliphatic rings. The molecule has 2 atom stereocenters. The molecule has 20 heavy (non-hydrogen) atoms. The number of benzene rings is 1. The molecule has 0 bridgehead atoms. The fourth-order valence-corrected chi connectivity index (χ4v) is 3.30. The van der Waals surface area contributed by atoms with E-state index in [9.17, 15) is 0 Å². The third-order valence-corrected chi connectivity index (χ3v) is 4.44. The standard InChI is InChI=1S/C16H25BrN2O/c1-4-7-18-13(3)15-6-5-14(10-16(15)17)19-8-9-20-12(2)11-19/h5-6,10,12-13,18H,4,7-9,11H2,1-3H3. The Morgan fingerprint density at radius 3 is 2.95 bits per heavy atom. The molecule has 1 heterocycles. The normalized spacial score (nSPS) is 21.0. The summed E-state index contributed by atoms with van der Waals surface area (Å²) in [6, 6.07) is 7.06. The zero-order chi connectivity index (χ0) is 14.5. The molecule has 0 aliphatic carbocycles. The van der Waals surface area contributed by atoms with Crippen molar-refractivity contribution in [1.29, 1.82) is 0 Å². The van der Waals surface area contributed by atoms with Gasteiger partial charge in [0.1, 0.15) is 0 Å². The van der Waals surface area contributed by atoms with Crippen molar-refractivity contribution in [1.82, 2.24) is 5.32 Å². The van der Waals surface area contributed by atoms with E-state index in [-0.39, 0.29) is 0 Å². The summed E-state index contributed by atoms with van der Waals surface area (Å²) in [6.07, 6.45) is 1.47. The van der Waals surface area contributed by atoms with E-state index in [2.05, 4.69) is 65.1 Å². The number of anilines is 1. The van der Waals surface area contributed by atoms with Gasteiger partial charge < -0.3 is 15.0 Å². The van der Waals surface area contributed by atoms with E-state index in [1.165, 1.54) is 15.7 Å². The third kappa shape index (κ3) is 3.96. The molecule has 1 aliphatic heterocycles. The number of ether oxygens (including phenoxy) is 1. The molecular formula is C16H25BrN2O. The van der Waals surface area contributed by atoms with Crippen LogP contribution in [0.5, 0.6) is 0 Å². The first kappa shape index (κ1) is 15.8. The van der Waals surface area contributed by atoms with Crippen LogP contribution < -0.4 is 10.2 Å². The lowest BCUT2D eigenvalue weighted by Gasteiger charge is -2.33. The summed E-state index contributed by atoms with van der Waals surface area (Å²) in [5.41, 5.74) is 2.60. The molecule has 1 N–H and O–H groups in total. The summed E-state index contributed by atoms with van der Waals surface area (Å²) in [7, 11) is 0. The topological polar surface area (TPSA) is 24.5 Å². The van der Waals surface area contributed by atoms with Crippen molar-refractivity contribution in [3.05, 3.63) is 28.2 Å². The molecule has 0 saturated carbocycles. The zero-order valence-electron chi connectivity index (χ0n) is 12.7. The minimum atomic E-state index is 0.312. The number of halogens is 1. The van der Waals surface area contributed by atoms with E-state index in [4.69, 9.17) is 4.74 Å². The Labute approximate surface area is 130 Å². The minimum absolute atomic E-state index is 0.312. The first-order valence-electron chi connectivity index (χ1n) is 7.51. The Balaban J connectivity index is 2.08. The molecule has 2 unspecified atom stereocenters. The lowest BCUT2D eigenvalue weighted by molar-refractivity contribution is 0.0532. The fraction of sp³-hybridized carbons (Fsp3) is 0.625. The quantitative estimate of drug-likeness (QED) is 0.883. The second-order valence-corrected chi connectivity index (χ2v) is 6.36. The molecule has 1 fully saturated rings. The Bertz CT molecular complexity index is 438. The van der Waals surface area contributed by atoms with Gasteiger partial charge in [-0.3, -0.25) is 0 Å². The summed E-state index contributed by atoms with van der Waals surface area (Å²) in [5, 5.41) is 3.53. The molecule has 3 nitrogen and oxygen atoms in total. The Hall–Kier alpha value is -0.580. The van der Waals surface area contributed by atoms with Gasteiger partial charge in [-0.25, -0.2) is 0 Å². The third-order valence-electron chi connectivity index (χ3n) is 3.76. The van der Waals surface area contributed by atoms with Gasteiger partial charge >= 0.3 is 0 Å². The van der Waals surface area contributed by atoms with Crippen LogP contribution in [0.15, 0.2) is 22.7 Å². The molecule has 0 radical (unpaired) electrons. The SMILES string of the molecule is CCCNC(C)c1ccc(N2CCOC(C)C2)cc1Br. The number of morpholine rings is 1. The van der Waals surface area contributed by atoms with Crippen LogP contribution in [0.4, 0.5) is 5.69 Å². The minimum Gasteiger partial charge on any atom is -0.375 e. The van der Waals surface area contributed by atoms with E-state index in [0.29, 0.717) is 12.1 Å². The van der Waals surface area contributed by atoms with Crippen molar-refractivity contribution in [3.8, 4) is 0 Å². The molecule has 0 aromatic heterocycles. The maximum absolute atomic E-state index is 5.60. The van der Waals surface area contributed by atoms with Crippen molar-refractivity contribution in [2.75, 3.05) is 31.1 Å². The van der Waals surface area contributed by atoms with Gasteiger partial charge in [-0.15, -0.1) is 0 Å². The van der Waals surface area contributed by atoms with Gasteiger partial charge in [-0.1, -0.05) is 28.9 Å². The average molecular weight is 341 g/mol. The van der Waals surface area contributed by atoms with Gasteiger partial charge in [0.15, 0.2) is 0 Å².